The summed E-state index contributed by atoms with van der Waals surface area (Å²) in [6.07, 6.45) is 0. The van der Waals surface area contributed by atoms with Gasteiger partial charge in [-0.05, 0) is 31.9 Å². The Balaban J connectivity index is 2.86. The van der Waals surface area contributed by atoms with E-state index in [9.17, 15) is 4.79 Å². The van der Waals surface area contributed by atoms with Gasteiger partial charge in [0.25, 0.3) is 0 Å². The normalized spacial score (nSPS) is 12.1. The Morgan fingerprint density at radius 2 is 1.80 bits per heavy atom. The van der Waals surface area contributed by atoms with Crippen molar-refractivity contribution in [2.24, 2.45) is 5.92 Å². The maximum atomic E-state index is 12.0. The molecule has 1 N–H and O–H groups in total. The van der Waals surface area contributed by atoms with E-state index in [0.717, 1.165) is 0 Å². The summed E-state index contributed by atoms with van der Waals surface area (Å²) in [5, 5.41) is 2.50. The zero-order valence-corrected chi connectivity index (χ0v) is 13.4. The summed E-state index contributed by atoms with van der Waals surface area (Å²) in [5.74, 6) is 1.37. The number of nitrogens with one attached hydrogen (secondary N) is 1. The Labute approximate surface area is 126 Å². The number of hydrogen-bond acceptors (Lipinski definition) is 4. The fourth-order valence-corrected chi connectivity index (χ4v) is 1.71. The fourth-order valence-electron chi connectivity index (χ4n) is 1.65. The lowest BCUT2D eigenvalue weighted by Crippen LogP contribution is -2.27. The van der Waals surface area contributed by atoms with Gasteiger partial charge in [0, 0.05) is 11.8 Å². The predicted octanol–water partition coefficient (Wildman–Crippen LogP) is 3.38. The molecule has 0 saturated carbocycles. The van der Waals surface area contributed by atoms with Crippen molar-refractivity contribution in [1.82, 2.24) is 0 Å². The third kappa shape index (κ3) is 4.63. The Hall–Kier alpha value is -1.36. The molecular weight excluding hydrogens is 274 g/mol. The first-order chi connectivity index (χ1) is 9.49. The second kappa shape index (κ2) is 8.04. The molecule has 112 valence electrons. The SMILES string of the molecule is CCOc1ccc(NC(=O)C(S)C(C)C)cc1OCC. The fraction of sp³-hybridized carbons (Fsp3) is 0.533. The second-order valence-electron chi connectivity index (χ2n) is 4.71. The lowest BCUT2D eigenvalue weighted by Gasteiger charge is -2.16. The number of ether oxygens (including phenoxy) is 2. The van der Waals surface area contributed by atoms with Crippen molar-refractivity contribution in [1.29, 1.82) is 0 Å². The Morgan fingerprint density at radius 3 is 2.35 bits per heavy atom. The van der Waals surface area contributed by atoms with Crippen molar-refractivity contribution in [3.8, 4) is 11.5 Å². The lowest BCUT2D eigenvalue weighted by molar-refractivity contribution is -0.116. The molecule has 0 spiro atoms. The molecule has 20 heavy (non-hydrogen) atoms. The number of carbonyl (C=O) groups is 1. The highest BCUT2D eigenvalue weighted by molar-refractivity contribution is 7.81. The van der Waals surface area contributed by atoms with E-state index in [1.807, 2.05) is 27.7 Å². The average molecular weight is 297 g/mol. The zero-order chi connectivity index (χ0) is 15.1. The van der Waals surface area contributed by atoms with Crippen LogP contribution < -0.4 is 14.8 Å². The van der Waals surface area contributed by atoms with Gasteiger partial charge in [-0.2, -0.15) is 12.6 Å². The summed E-state index contributed by atoms with van der Waals surface area (Å²) in [6.45, 7) is 8.85. The van der Waals surface area contributed by atoms with E-state index in [0.29, 0.717) is 30.4 Å². The monoisotopic (exact) mass is 297 g/mol. The van der Waals surface area contributed by atoms with Gasteiger partial charge in [0.05, 0.1) is 18.5 Å². The molecule has 1 aromatic carbocycles. The summed E-state index contributed by atoms with van der Waals surface area (Å²) in [6, 6.07) is 5.37. The van der Waals surface area contributed by atoms with Gasteiger partial charge >= 0.3 is 0 Å². The van der Waals surface area contributed by atoms with E-state index in [4.69, 9.17) is 9.47 Å². The Morgan fingerprint density at radius 1 is 1.20 bits per heavy atom. The molecule has 5 heteroatoms. The highest BCUT2D eigenvalue weighted by Gasteiger charge is 2.18. The van der Waals surface area contributed by atoms with E-state index >= 15 is 0 Å². The van der Waals surface area contributed by atoms with E-state index in [-0.39, 0.29) is 17.1 Å². The standard InChI is InChI=1S/C15H23NO3S/c1-5-18-12-8-7-11(9-13(12)19-6-2)16-15(17)14(20)10(3)4/h7-10,14,20H,5-6H2,1-4H3,(H,16,17). The summed E-state index contributed by atoms with van der Waals surface area (Å²) >= 11 is 4.30. The molecule has 1 aromatic rings. The number of carbonyl (C=O) groups excluding carboxylic acids is 1. The molecular formula is C15H23NO3S. The Kier molecular flexibility index (Phi) is 6.71. The van der Waals surface area contributed by atoms with Gasteiger partial charge in [-0.1, -0.05) is 13.8 Å². The van der Waals surface area contributed by atoms with Crippen molar-refractivity contribution in [2.45, 2.75) is 32.9 Å². The van der Waals surface area contributed by atoms with E-state index in [1.54, 1.807) is 18.2 Å². The molecule has 0 aliphatic carbocycles. The van der Waals surface area contributed by atoms with E-state index < -0.39 is 0 Å². The molecule has 0 radical (unpaired) electrons. The molecule has 0 fully saturated rings. The van der Waals surface area contributed by atoms with Crippen LogP contribution in [-0.4, -0.2) is 24.4 Å². The van der Waals surface area contributed by atoms with E-state index in [1.165, 1.54) is 0 Å². The van der Waals surface area contributed by atoms with Gasteiger partial charge in [-0.15, -0.1) is 0 Å². The van der Waals surface area contributed by atoms with Crippen molar-refractivity contribution in [3.63, 3.8) is 0 Å². The number of rotatable bonds is 7. The van der Waals surface area contributed by atoms with Crippen LogP contribution >= 0.6 is 12.6 Å². The maximum Gasteiger partial charge on any atom is 0.237 e. The summed E-state index contributed by atoms with van der Waals surface area (Å²) in [7, 11) is 0. The van der Waals surface area contributed by atoms with Crippen molar-refractivity contribution < 1.29 is 14.3 Å². The molecule has 0 saturated heterocycles. The number of anilines is 1. The minimum atomic E-state index is -0.336. The summed E-state index contributed by atoms with van der Waals surface area (Å²) < 4.78 is 11.0. The summed E-state index contributed by atoms with van der Waals surface area (Å²) in [5.41, 5.74) is 0.682. The molecule has 1 unspecified atom stereocenters. The molecule has 1 amide bonds. The molecule has 4 nitrogen and oxygen atoms in total. The Bertz CT molecular complexity index is 449. The smallest absolute Gasteiger partial charge is 0.237 e. The van der Waals surface area contributed by atoms with Crippen LogP contribution in [0.2, 0.25) is 0 Å². The summed E-state index contributed by atoms with van der Waals surface area (Å²) in [4.78, 5) is 12.0. The van der Waals surface area contributed by atoms with Gasteiger partial charge in [0.1, 0.15) is 0 Å². The van der Waals surface area contributed by atoms with Crippen LogP contribution in [-0.2, 0) is 4.79 Å². The first-order valence-electron chi connectivity index (χ1n) is 6.88. The molecule has 0 aliphatic rings. The van der Waals surface area contributed by atoms with Crippen LogP contribution in [0.1, 0.15) is 27.7 Å². The van der Waals surface area contributed by atoms with Gasteiger partial charge < -0.3 is 14.8 Å². The predicted molar refractivity (Wildman–Crippen MR) is 85.0 cm³/mol. The third-order valence-electron chi connectivity index (χ3n) is 2.71. The van der Waals surface area contributed by atoms with Crippen LogP contribution in [0.5, 0.6) is 11.5 Å². The molecule has 0 bridgehead atoms. The van der Waals surface area contributed by atoms with E-state index in [2.05, 4.69) is 17.9 Å². The second-order valence-corrected chi connectivity index (χ2v) is 5.26. The zero-order valence-electron chi connectivity index (χ0n) is 12.5. The van der Waals surface area contributed by atoms with Crippen molar-refractivity contribution >= 4 is 24.2 Å². The quantitative estimate of drug-likeness (QED) is 0.759. The number of hydrogen-bond donors (Lipinski definition) is 2. The van der Waals surface area contributed by atoms with Gasteiger partial charge in [0.2, 0.25) is 5.91 Å². The average Bonchev–Trinajstić information content (AvgIpc) is 2.41. The molecule has 0 aromatic heterocycles. The number of amides is 1. The number of benzene rings is 1. The highest BCUT2D eigenvalue weighted by Crippen LogP contribution is 2.30. The van der Waals surface area contributed by atoms with Crippen LogP contribution in [0, 0.1) is 5.92 Å². The van der Waals surface area contributed by atoms with Gasteiger partial charge in [0.15, 0.2) is 11.5 Å². The molecule has 0 heterocycles. The largest absolute Gasteiger partial charge is 0.490 e. The van der Waals surface area contributed by atoms with Crippen molar-refractivity contribution in [2.75, 3.05) is 18.5 Å². The highest BCUT2D eigenvalue weighted by atomic mass is 32.1. The van der Waals surface area contributed by atoms with Crippen LogP contribution in [0.15, 0.2) is 18.2 Å². The minimum absolute atomic E-state index is 0.116. The van der Waals surface area contributed by atoms with Crippen molar-refractivity contribution in [3.05, 3.63) is 18.2 Å². The van der Waals surface area contributed by atoms with Gasteiger partial charge in [-0.25, -0.2) is 0 Å². The van der Waals surface area contributed by atoms with Crippen LogP contribution in [0.3, 0.4) is 0 Å². The minimum Gasteiger partial charge on any atom is -0.490 e. The van der Waals surface area contributed by atoms with Crippen LogP contribution in [0.4, 0.5) is 5.69 Å². The molecule has 1 rings (SSSR count). The molecule has 1 atom stereocenters. The maximum absolute atomic E-state index is 12.0. The first kappa shape index (κ1) is 16.7. The number of thiol groups is 1. The molecule has 0 aliphatic heterocycles. The lowest BCUT2D eigenvalue weighted by atomic mass is 10.1. The van der Waals surface area contributed by atoms with Crippen LogP contribution in [0.25, 0.3) is 0 Å². The third-order valence-corrected chi connectivity index (χ3v) is 3.54. The first-order valence-corrected chi connectivity index (χ1v) is 7.39. The topological polar surface area (TPSA) is 47.6 Å². The van der Waals surface area contributed by atoms with Gasteiger partial charge in [-0.3, -0.25) is 4.79 Å².